The van der Waals surface area contributed by atoms with Crippen molar-refractivity contribution in [3.63, 3.8) is 0 Å². The van der Waals surface area contributed by atoms with Gasteiger partial charge in [-0.15, -0.1) is 0 Å². The highest BCUT2D eigenvalue weighted by atomic mass is 19.1. The van der Waals surface area contributed by atoms with Crippen LogP contribution in [-0.2, 0) is 9.59 Å². The Morgan fingerprint density at radius 3 is 2.30 bits per heavy atom. The van der Waals surface area contributed by atoms with E-state index in [0.717, 1.165) is 0 Å². The molecule has 5 heteroatoms. The number of rotatable bonds is 6. The van der Waals surface area contributed by atoms with Crippen molar-refractivity contribution >= 4 is 11.9 Å². The molecule has 0 heterocycles. The highest BCUT2D eigenvalue weighted by Gasteiger charge is 2.23. The third-order valence-corrected chi connectivity index (χ3v) is 3.66. The number of aliphatic carboxylic acids is 1. The Morgan fingerprint density at radius 1 is 1.09 bits per heavy atom. The van der Waals surface area contributed by atoms with Gasteiger partial charge in [-0.2, -0.15) is 0 Å². The quantitative estimate of drug-likeness (QED) is 0.860. The minimum Gasteiger partial charge on any atom is -0.481 e. The summed E-state index contributed by atoms with van der Waals surface area (Å²) in [6.45, 7) is 1.59. The van der Waals surface area contributed by atoms with Crippen molar-refractivity contribution in [1.82, 2.24) is 5.32 Å². The maximum absolute atomic E-state index is 13.8. The minimum absolute atomic E-state index is 0.236. The molecular weight excluding hydrogens is 297 g/mol. The molecule has 0 unspecified atom stereocenters. The number of carbonyl (C=O) groups is 2. The van der Waals surface area contributed by atoms with Gasteiger partial charge in [0.05, 0.1) is 18.4 Å². The standard InChI is InChI=1S/C18H18FNO3/c1-12(14-9-5-6-10-15(14)19)18(23)20-16(11-17(21)22)13-7-3-2-4-8-13/h2-10,12,16H,11H2,1H3,(H,20,23)(H,21,22)/t12-,16+/m0/s1. The maximum Gasteiger partial charge on any atom is 0.305 e. The first-order chi connectivity index (χ1) is 11.0. The van der Waals surface area contributed by atoms with Gasteiger partial charge < -0.3 is 10.4 Å². The SMILES string of the molecule is C[C@H](C(=O)N[C@H](CC(=O)O)c1ccccc1)c1ccccc1F. The Hall–Kier alpha value is -2.69. The largest absolute Gasteiger partial charge is 0.481 e. The van der Waals surface area contributed by atoms with Crippen molar-refractivity contribution in [1.29, 1.82) is 0 Å². The monoisotopic (exact) mass is 315 g/mol. The van der Waals surface area contributed by atoms with Gasteiger partial charge in [0.25, 0.3) is 0 Å². The minimum atomic E-state index is -1.02. The van der Waals surface area contributed by atoms with Crippen LogP contribution in [0.4, 0.5) is 4.39 Å². The number of carbonyl (C=O) groups excluding carboxylic acids is 1. The summed E-state index contributed by atoms with van der Waals surface area (Å²) in [5.41, 5.74) is 0.983. The number of carboxylic acid groups (broad SMARTS) is 1. The van der Waals surface area contributed by atoms with E-state index in [-0.39, 0.29) is 12.0 Å². The Morgan fingerprint density at radius 2 is 1.70 bits per heavy atom. The molecule has 0 aliphatic rings. The third kappa shape index (κ3) is 4.39. The zero-order valence-electron chi connectivity index (χ0n) is 12.7. The third-order valence-electron chi connectivity index (χ3n) is 3.66. The molecule has 2 atom stereocenters. The zero-order chi connectivity index (χ0) is 16.8. The van der Waals surface area contributed by atoms with Gasteiger partial charge in [0, 0.05) is 0 Å². The van der Waals surface area contributed by atoms with E-state index in [2.05, 4.69) is 5.32 Å². The first kappa shape index (κ1) is 16.7. The number of carboxylic acids is 1. The first-order valence-electron chi connectivity index (χ1n) is 7.30. The highest BCUT2D eigenvalue weighted by Crippen LogP contribution is 2.22. The molecule has 23 heavy (non-hydrogen) atoms. The first-order valence-corrected chi connectivity index (χ1v) is 7.30. The number of nitrogens with one attached hydrogen (secondary N) is 1. The Kier molecular flexibility index (Phi) is 5.46. The Balaban J connectivity index is 2.17. The second-order valence-corrected chi connectivity index (χ2v) is 5.31. The molecule has 0 bridgehead atoms. The molecule has 0 saturated carbocycles. The van der Waals surface area contributed by atoms with Crippen molar-refractivity contribution in [3.8, 4) is 0 Å². The van der Waals surface area contributed by atoms with Crippen molar-refractivity contribution in [2.24, 2.45) is 0 Å². The summed E-state index contributed by atoms with van der Waals surface area (Å²) in [4.78, 5) is 23.4. The topological polar surface area (TPSA) is 66.4 Å². The molecule has 2 rings (SSSR count). The molecule has 1 amide bonds. The number of amides is 1. The number of hydrogen-bond acceptors (Lipinski definition) is 2. The average molecular weight is 315 g/mol. The van der Waals surface area contributed by atoms with Crippen LogP contribution < -0.4 is 5.32 Å². The van der Waals surface area contributed by atoms with Crippen molar-refractivity contribution in [2.75, 3.05) is 0 Å². The smallest absolute Gasteiger partial charge is 0.305 e. The summed E-state index contributed by atoms with van der Waals surface area (Å²) < 4.78 is 13.8. The fourth-order valence-electron chi connectivity index (χ4n) is 2.38. The van der Waals surface area contributed by atoms with Gasteiger partial charge in [0.15, 0.2) is 0 Å². The second-order valence-electron chi connectivity index (χ2n) is 5.31. The van der Waals surface area contributed by atoms with E-state index >= 15 is 0 Å². The summed E-state index contributed by atoms with van der Waals surface area (Å²) in [5.74, 6) is -2.59. The number of hydrogen-bond donors (Lipinski definition) is 2. The lowest BCUT2D eigenvalue weighted by molar-refractivity contribution is -0.137. The molecule has 120 valence electrons. The van der Waals surface area contributed by atoms with E-state index in [0.29, 0.717) is 5.56 Å². The van der Waals surface area contributed by atoms with Crippen LogP contribution >= 0.6 is 0 Å². The lowest BCUT2D eigenvalue weighted by atomic mass is 9.97. The normalized spacial score (nSPS) is 13.1. The summed E-state index contributed by atoms with van der Waals surface area (Å²) in [5, 5.41) is 11.8. The lowest BCUT2D eigenvalue weighted by Crippen LogP contribution is -2.33. The van der Waals surface area contributed by atoms with Crippen LogP contribution in [0, 0.1) is 5.82 Å². The molecule has 0 aliphatic carbocycles. The number of halogens is 1. The van der Waals surface area contributed by atoms with Crippen LogP contribution in [0.25, 0.3) is 0 Å². The summed E-state index contributed by atoms with van der Waals surface area (Å²) in [6, 6.07) is 14.3. The van der Waals surface area contributed by atoms with E-state index in [1.807, 2.05) is 6.07 Å². The van der Waals surface area contributed by atoms with Crippen molar-refractivity contribution in [2.45, 2.75) is 25.3 Å². The molecule has 0 fully saturated rings. The van der Waals surface area contributed by atoms with Gasteiger partial charge in [0.1, 0.15) is 5.82 Å². The van der Waals surface area contributed by atoms with Crippen LogP contribution in [0.2, 0.25) is 0 Å². The van der Waals surface area contributed by atoms with Crippen molar-refractivity contribution in [3.05, 3.63) is 71.5 Å². The van der Waals surface area contributed by atoms with Crippen LogP contribution in [0.3, 0.4) is 0 Å². The van der Waals surface area contributed by atoms with Crippen LogP contribution in [-0.4, -0.2) is 17.0 Å². The summed E-state index contributed by atoms with van der Waals surface area (Å²) in [7, 11) is 0. The van der Waals surface area contributed by atoms with E-state index < -0.39 is 29.7 Å². The molecular formula is C18H18FNO3. The van der Waals surface area contributed by atoms with Gasteiger partial charge in [-0.3, -0.25) is 9.59 Å². The number of benzene rings is 2. The molecule has 0 saturated heterocycles. The molecule has 0 radical (unpaired) electrons. The highest BCUT2D eigenvalue weighted by molar-refractivity contribution is 5.84. The van der Waals surface area contributed by atoms with Gasteiger partial charge in [0.2, 0.25) is 5.91 Å². The van der Waals surface area contributed by atoms with Crippen LogP contribution in [0.15, 0.2) is 54.6 Å². The molecule has 0 aliphatic heterocycles. The predicted octanol–water partition coefficient (Wildman–Crippen LogP) is 3.26. The van der Waals surface area contributed by atoms with Crippen molar-refractivity contribution < 1.29 is 19.1 Å². The van der Waals surface area contributed by atoms with Gasteiger partial charge >= 0.3 is 5.97 Å². The van der Waals surface area contributed by atoms with E-state index in [1.54, 1.807) is 49.4 Å². The van der Waals surface area contributed by atoms with Gasteiger partial charge in [-0.05, 0) is 24.1 Å². The fourth-order valence-corrected chi connectivity index (χ4v) is 2.38. The molecule has 0 aromatic heterocycles. The van der Waals surface area contributed by atoms with Gasteiger partial charge in [-0.1, -0.05) is 48.5 Å². The summed E-state index contributed by atoms with van der Waals surface area (Å²) in [6.07, 6.45) is -0.236. The van der Waals surface area contributed by atoms with Crippen LogP contribution in [0.1, 0.15) is 36.4 Å². The van der Waals surface area contributed by atoms with Gasteiger partial charge in [-0.25, -0.2) is 4.39 Å². The maximum atomic E-state index is 13.8. The lowest BCUT2D eigenvalue weighted by Gasteiger charge is -2.20. The van der Waals surface area contributed by atoms with E-state index in [4.69, 9.17) is 5.11 Å². The molecule has 2 N–H and O–H groups in total. The Bertz CT molecular complexity index is 688. The fraction of sp³-hybridized carbons (Fsp3) is 0.222. The van der Waals surface area contributed by atoms with E-state index in [1.165, 1.54) is 6.07 Å². The second kappa shape index (κ2) is 7.54. The molecule has 4 nitrogen and oxygen atoms in total. The van der Waals surface area contributed by atoms with Crippen LogP contribution in [0.5, 0.6) is 0 Å². The molecule has 2 aromatic carbocycles. The predicted molar refractivity (Wildman–Crippen MR) is 84.4 cm³/mol. The molecule has 2 aromatic rings. The summed E-state index contributed by atoms with van der Waals surface area (Å²) >= 11 is 0. The Labute approximate surface area is 134 Å². The van der Waals surface area contributed by atoms with E-state index in [9.17, 15) is 14.0 Å². The molecule has 0 spiro atoms. The zero-order valence-corrected chi connectivity index (χ0v) is 12.7. The average Bonchev–Trinajstić information content (AvgIpc) is 2.54.